The van der Waals surface area contributed by atoms with E-state index < -0.39 is 11.3 Å². The van der Waals surface area contributed by atoms with Crippen LogP contribution in [-0.4, -0.2) is 63.8 Å². The average Bonchev–Trinajstić information content (AvgIpc) is 3.37. The molecule has 1 aromatic heterocycles. The quantitative estimate of drug-likeness (QED) is 0.355. The van der Waals surface area contributed by atoms with Crippen LogP contribution in [0, 0.1) is 6.92 Å². The molecule has 6 rings (SSSR count). The van der Waals surface area contributed by atoms with E-state index >= 15 is 0 Å². The Morgan fingerprint density at radius 1 is 1.17 bits per heavy atom. The number of rotatable bonds is 7. The van der Waals surface area contributed by atoms with Crippen LogP contribution in [0.3, 0.4) is 0 Å². The SMILES string of the molecule is Cc1cc(Oc2ccccc2)ccc1N1C(=O)NC2c3c1ccnc3S[C@@H]2C(=O)NC1CCCN(C(=O)/C=C/CO)C1. The Labute approximate surface area is 247 Å². The number of aliphatic hydroxyl groups excluding tert-OH is 1. The molecule has 11 heteroatoms. The van der Waals surface area contributed by atoms with E-state index in [0.29, 0.717) is 35.2 Å². The minimum atomic E-state index is -0.595. The molecule has 3 aromatic rings. The third-order valence-corrected chi connectivity index (χ3v) is 8.89. The van der Waals surface area contributed by atoms with Crippen molar-refractivity contribution >= 4 is 41.0 Å². The molecule has 4 amide bonds. The van der Waals surface area contributed by atoms with Crippen LogP contribution in [0.15, 0.2) is 78.0 Å². The van der Waals surface area contributed by atoms with Gasteiger partial charge in [0, 0.05) is 37.0 Å². The number of likely N-dealkylation sites (tertiary alicyclic amines) is 1. The van der Waals surface area contributed by atoms with E-state index in [1.807, 2.05) is 61.5 Å². The predicted octanol–water partition coefficient (Wildman–Crippen LogP) is 4.21. The monoisotopic (exact) mass is 585 g/mol. The summed E-state index contributed by atoms with van der Waals surface area (Å²) < 4.78 is 5.97. The van der Waals surface area contributed by atoms with Gasteiger partial charge in [-0.3, -0.25) is 14.5 Å². The van der Waals surface area contributed by atoms with Gasteiger partial charge in [0.25, 0.3) is 0 Å². The van der Waals surface area contributed by atoms with Gasteiger partial charge in [-0.15, -0.1) is 0 Å². The minimum absolute atomic E-state index is 0.186. The van der Waals surface area contributed by atoms with Gasteiger partial charge in [0.2, 0.25) is 11.8 Å². The first-order valence-electron chi connectivity index (χ1n) is 13.9. The van der Waals surface area contributed by atoms with Crippen LogP contribution in [-0.2, 0) is 9.59 Å². The molecule has 10 nitrogen and oxygen atoms in total. The highest BCUT2D eigenvalue weighted by Crippen LogP contribution is 2.51. The summed E-state index contributed by atoms with van der Waals surface area (Å²) in [7, 11) is 0. The second-order valence-electron chi connectivity index (χ2n) is 10.4. The van der Waals surface area contributed by atoms with Crippen molar-refractivity contribution in [1.29, 1.82) is 0 Å². The second kappa shape index (κ2) is 11.9. The van der Waals surface area contributed by atoms with Crippen LogP contribution in [0.5, 0.6) is 11.5 Å². The number of piperidine rings is 1. The number of aromatic nitrogens is 1. The molecule has 216 valence electrons. The molecule has 42 heavy (non-hydrogen) atoms. The maximum atomic E-state index is 13.6. The molecule has 3 aliphatic heterocycles. The van der Waals surface area contributed by atoms with E-state index in [1.54, 1.807) is 16.0 Å². The van der Waals surface area contributed by atoms with Gasteiger partial charge in [-0.05, 0) is 61.7 Å². The highest BCUT2D eigenvalue weighted by molar-refractivity contribution is 8.01. The molecule has 3 atom stereocenters. The second-order valence-corrected chi connectivity index (χ2v) is 11.6. The van der Waals surface area contributed by atoms with Gasteiger partial charge in [-0.1, -0.05) is 36.0 Å². The number of carbonyl (C=O) groups excluding carboxylic acids is 3. The normalized spacial score (nSPS) is 21.2. The maximum Gasteiger partial charge on any atom is 0.327 e. The Balaban J connectivity index is 1.20. The lowest BCUT2D eigenvalue weighted by molar-refractivity contribution is -0.129. The summed E-state index contributed by atoms with van der Waals surface area (Å²) in [6.07, 6.45) is 5.94. The number of ether oxygens (including phenoxy) is 1. The van der Waals surface area contributed by atoms with Crippen molar-refractivity contribution in [3.8, 4) is 11.5 Å². The molecule has 0 bridgehead atoms. The summed E-state index contributed by atoms with van der Waals surface area (Å²) in [5.41, 5.74) is 3.08. The number of pyridine rings is 1. The fraction of sp³-hybridized carbons (Fsp3) is 0.290. The van der Waals surface area contributed by atoms with Crippen molar-refractivity contribution in [2.45, 2.75) is 42.1 Å². The first-order valence-corrected chi connectivity index (χ1v) is 14.8. The Hall–Kier alpha value is -4.35. The minimum Gasteiger partial charge on any atom is -0.457 e. The number of aliphatic hydroxyl groups is 1. The lowest BCUT2D eigenvalue weighted by atomic mass is 9.98. The number of urea groups is 1. The molecule has 3 aliphatic rings. The van der Waals surface area contributed by atoms with Crippen molar-refractivity contribution < 1.29 is 24.2 Å². The maximum absolute atomic E-state index is 13.6. The largest absolute Gasteiger partial charge is 0.457 e. The van der Waals surface area contributed by atoms with E-state index in [0.717, 1.165) is 29.7 Å². The lowest BCUT2D eigenvalue weighted by Crippen LogP contribution is -2.53. The van der Waals surface area contributed by atoms with Crippen LogP contribution >= 0.6 is 11.8 Å². The summed E-state index contributed by atoms with van der Waals surface area (Å²) in [4.78, 5) is 47.4. The number of aryl methyl sites for hydroxylation is 1. The number of nitrogens with zero attached hydrogens (tertiary/aromatic N) is 3. The molecule has 0 aliphatic carbocycles. The zero-order valence-corrected chi connectivity index (χ0v) is 23.8. The van der Waals surface area contributed by atoms with Gasteiger partial charge in [0.1, 0.15) is 21.8 Å². The Kier molecular flexibility index (Phi) is 7.86. The van der Waals surface area contributed by atoms with Gasteiger partial charge in [0.05, 0.1) is 24.0 Å². The van der Waals surface area contributed by atoms with Gasteiger partial charge < -0.3 is 25.4 Å². The molecular weight excluding hydrogens is 554 g/mol. The van der Waals surface area contributed by atoms with Gasteiger partial charge in [-0.25, -0.2) is 9.78 Å². The van der Waals surface area contributed by atoms with Gasteiger partial charge in [0.15, 0.2) is 0 Å². The number of anilines is 2. The van der Waals surface area contributed by atoms with Gasteiger partial charge in [-0.2, -0.15) is 0 Å². The van der Waals surface area contributed by atoms with Crippen LogP contribution < -0.4 is 20.3 Å². The van der Waals surface area contributed by atoms with Crippen molar-refractivity contribution in [1.82, 2.24) is 20.5 Å². The average molecular weight is 586 g/mol. The van der Waals surface area contributed by atoms with Crippen LogP contribution in [0.4, 0.5) is 16.2 Å². The molecule has 0 saturated carbocycles. The summed E-state index contributed by atoms with van der Waals surface area (Å²) in [5, 5.41) is 15.2. The standard InChI is InChI=1S/C31H31N5O5S/c1-19-17-22(41-21-8-3-2-4-9-21)11-12-23(19)36-24-13-14-32-30-26(24)27(34-31(36)40)28(42-30)29(39)33-20-7-5-15-35(18-20)25(38)10-6-16-37/h2-4,6,8-14,17,20,27-28,37H,5,7,15-16,18H2,1H3,(H,33,39)(H,34,40)/b10-6+/t20?,27?,28-/m0/s1. The number of para-hydroxylation sites is 1. The lowest BCUT2D eigenvalue weighted by Gasteiger charge is -2.36. The van der Waals surface area contributed by atoms with Crippen LogP contribution in [0.25, 0.3) is 0 Å². The number of thioether (sulfide) groups is 1. The summed E-state index contributed by atoms with van der Waals surface area (Å²) >= 11 is 1.34. The molecular formula is C31H31N5O5S. The van der Waals surface area contributed by atoms with E-state index in [2.05, 4.69) is 15.6 Å². The highest BCUT2D eigenvalue weighted by atomic mass is 32.2. The van der Waals surface area contributed by atoms with Crippen molar-refractivity contribution in [2.24, 2.45) is 0 Å². The number of nitrogens with one attached hydrogen (secondary N) is 2. The van der Waals surface area contributed by atoms with Crippen LogP contribution in [0.2, 0.25) is 0 Å². The highest BCUT2D eigenvalue weighted by Gasteiger charge is 2.47. The zero-order chi connectivity index (χ0) is 29.2. The molecule has 4 heterocycles. The summed E-state index contributed by atoms with van der Waals surface area (Å²) in [6, 6.07) is 15.8. The van der Waals surface area contributed by atoms with E-state index in [-0.39, 0.29) is 30.5 Å². The zero-order valence-electron chi connectivity index (χ0n) is 23.0. The number of hydrogen-bond acceptors (Lipinski definition) is 7. The third-order valence-electron chi connectivity index (χ3n) is 7.60. The van der Waals surface area contributed by atoms with Crippen LogP contribution in [0.1, 0.15) is 30.0 Å². The number of benzene rings is 2. The predicted molar refractivity (Wildman–Crippen MR) is 159 cm³/mol. The Morgan fingerprint density at radius 2 is 2.00 bits per heavy atom. The Morgan fingerprint density at radius 3 is 2.79 bits per heavy atom. The number of amides is 4. The fourth-order valence-electron chi connectivity index (χ4n) is 5.67. The topological polar surface area (TPSA) is 124 Å². The number of carbonyl (C=O) groups is 3. The summed E-state index contributed by atoms with van der Waals surface area (Å²) in [5.74, 6) is 1.00. The fourth-order valence-corrected chi connectivity index (χ4v) is 6.90. The first kappa shape index (κ1) is 27.8. The molecule has 2 unspecified atom stereocenters. The van der Waals surface area contributed by atoms with E-state index in [4.69, 9.17) is 9.84 Å². The van der Waals surface area contributed by atoms with Crippen molar-refractivity contribution in [3.63, 3.8) is 0 Å². The van der Waals surface area contributed by atoms with Crippen molar-refractivity contribution in [3.05, 3.63) is 84.1 Å². The van der Waals surface area contributed by atoms with E-state index in [1.165, 1.54) is 23.9 Å². The first-order chi connectivity index (χ1) is 20.4. The van der Waals surface area contributed by atoms with Crippen molar-refractivity contribution in [2.75, 3.05) is 24.6 Å². The third kappa shape index (κ3) is 5.45. The number of hydrogen-bond donors (Lipinski definition) is 3. The molecule has 2 aromatic carbocycles. The van der Waals surface area contributed by atoms with Gasteiger partial charge >= 0.3 is 6.03 Å². The molecule has 0 radical (unpaired) electrons. The Bertz CT molecular complexity index is 1550. The smallest absolute Gasteiger partial charge is 0.327 e. The summed E-state index contributed by atoms with van der Waals surface area (Å²) in [6.45, 7) is 2.72. The molecule has 1 saturated heterocycles. The van der Waals surface area contributed by atoms with E-state index in [9.17, 15) is 14.4 Å². The molecule has 0 spiro atoms. The molecule has 1 fully saturated rings. The molecule has 3 N–H and O–H groups in total.